The van der Waals surface area contributed by atoms with Gasteiger partial charge < -0.3 is 4.74 Å². The molecule has 0 N–H and O–H groups in total. The molecule has 120 valence electrons. The zero-order chi connectivity index (χ0) is 16.5. The van der Waals surface area contributed by atoms with Crippen LogP contribution in [0.25, 0.3) is 0 Å². The van der Waals surface area contributed by atoms with Crippen molar-refractivity contribution in [2.75, 3.05) is 6.61 Å². The molecular weight excluding hydrogens is 308 g/mol. The third kappa shape index (κ3) is 5.50. The van der Waals surface area contributed by atoms with Crippen LogP contribution >= 0.6 is 11.3 Å². The molecule has 0 aliphatic rings. The van der Waals surface area contributed by atoms with Crippen LogP contribution in [0.3, 0.4) is 0 Å². The van der Waals surface area contributed by atoms with E-state index in [2.05, 4.69) is 17.1 Å². The fraction of sp³-hybridized carbons (Fsp3) is 0.389. The van der Waals surface area contributed by atoms with Gasteiger partial charge in [-0.1, -0.05) is 18.6 Å². The van der Waals surface area contributed by atoms with Gasteiger partial charge in [0.05, 0.1) is 23.2 Å². The van der Waals surface area contributed by atoms with Crippen molar-refractivity contribution < 1.29 is 9.53 Å². The van der Waals surface area contributed by atoms with Crippen LogP contribution in [0.2, 0.25) is 0 Å². The van der Waals surface area contributed by atoms with E-state index in [0.717, 1.165) is 42.7 Å². The van der Waals surface area contributed by atoms with Crippen LogP contribution in [-0.4, -0.2) is 17.6 Å². The van der Waals surface area contributed by atoms with E-state index in [-0.39, 0.29) is 5.97 Å². The zero-order valence-corrected chi connectivity index (χ0v) is 14.1. The number of benzene rings is 1. The lowest BCUT2D eigenvalue weighted by atomic mass is 10.0. The first-order chi connectivity index (χ1) is 11.2. The number of nitriles is 1. The minimum absolute atomic E-state index is 0.340. The van der Waals surface area contributed by atoms with Crippen LogP contribution < -0.4 is 0 Å². The van der Waals surface area contributed by atoms with E-state index >= 15 is 0 Å². The summed E-state index contributed by atoms with van der Waals surface area (Å²) in [7, 11) is 0. The Bertz CT molecular complexity index is 688. The second-order valence-corrected chi connectivity index (χ2v) is 6.16. The van der Waals surface area contributed by atoms with Crippen LogP contribution in [0, 0.1) is 11.3 Å². The van der Waals surface area contributed by atoms with E-state index in [1.807, 2.05) is 18.2 Å². The fourth-order valence-corrected chi connectivity index (χ4v) is 3.11. The number of hydrogen-bond donors (Lipinski definition) is 0. The van der Waals surface area contributed by atoms with Crippen molar-refractivity contribution in [2.45, 2.75) is 39.0 Å². The number of aromatic nitrogens is 1. The highest BCUT2D eigenvalue weighted by molar-refractivity contribution is 7.09. The molecule has 2 rings (SSSR count). The number of aryl methyl sites for hydroxylation is 2. The highest BCUT2D eigenvalue weighted by atomic mass is 32.1. The van der Waals surface area contributed by atoms with Crippen LogP contribution in [0.5, 0.6) is 0 Å². The number of unbranched alkanes of at least 4 members (excludes halogenated alkanes) is 2. The van der Waals surface area contributed by atoms with Crippen molar-refractivity contribution in [3.63, 3.8) is 0 Å². The molecule has 1 aromatic carbocycles. The number of hydrogen-bond acceptors (Lipinski definition) is 5. The minimum Gasteiger partial charge on any atom is -0.461 e. The van der Waals surface area contributed by atoms with Crippen molar-refractivity contribution in [1.82, 2.24) is 4.98 Å². The Hall–Kier alpha value is -2.19. The van der Waals surface area contributed by atoms with Gasteiger partial charge in [-0.3, -0.25) is 0 Å². The number of esters is 1. The first-order valence-corrected chi connectivity index (χ1v) is 8.71. The predicted molar refractivity (Wildman–Crippen MR) is 90.5 cm³/mol. The van der Waals surface area contributed by atoms with Crippen molar-refractivity contribution >= 4 is 17.3 Å². The summed E-state index contributed by atoms with van der Waals surface area (Å²) in [6.45, 7) is 2.16. The topological polar surface area (TPSA) is 63.0 Å². The highest BCUT2D eigenvalue weighted by Crippen LogP contribution is 2.15. The quantitative estimate of drug-likeness (QED) is 0.539. The van der Waals surface area contributed by atoms with Gasteiger partial charge in [0.15, 0.2) is 5.69 Å². The van der Waals surface area contributed by atoms with E-state index in [1.165, 1.54) is 16.9 Å². The molecule has 4 nitrogen and oxygen atoms in total. The van der Waals surface area contributed by atoms with Crippen LogP contribution in [0.15, 0.2) is 29.6 Å². The molecule has 1 aromatic heterocycles. The van der Waals surface area contributed by atoms with Gasteiger partial charge in [-0.25, -0.2) is 9.78 Å². The molecule has 0 spiro atoms. The molecule has 0 fully saturated rings. The molecule has 0 saturated carbocycles. The van der Waals surface area contributed by atoms with E-state index in [0.29, 0.717) is 12.3 Å². The Morgan fingerprint density at radius 3 is 2.91 bits per heavy atom. The molecule has 0 aliphatic heterocycles. The number of carbonyl (C=O) groups is 1. The van der Waals surface area contributed by atoms with E-state index < -0.39 is 0 Å². The molecule has 0 aliphatic carbocycles. The van der Waals surface area contributed by atoms with Gasteiger partial charge in [0.2, 0.25) is 0 Å². The average molecular weight is 328 g/mol. The van der Waals surface area contributed by atoms with Gasteiger partial charge in [-0.2, -0.15) is 5.26 Å². The molecule has 0 saturated heterocycles. The number of rotatable bonds is 8. The summed E-state index contributed by atoms with van der Waals surface area (Å²) in [5.41, 5.74) is 2.35. The minimum atomic E-state index is -0.340. The summed E-state index contributed by atoms with van der Waals surface area (Å²) in [5, 5.41) is 11.6. The van der Waals surface area contributed by atoms with E-state index in [1.54, 1.807) is 12.3 Å². The second kappa shape index (κ2) is 9.06. The van der Waals surface area contributed by atoms with Crippen LogP contribution in [0.4, 0.5) is 0 Å². The lowest BCUT2D eigenvalue weighted by molar-refractivity contribution is 0.0520. The average Bonchev–Trinajstić information content (AvgIpc) is 3.04. The summed E-state index contributed by atoms with van der Waals surface area (Å²) in [5.74, 6) is -0.340. The SMILES string of the molecule is CCOC(=O)c1csc(CCCCCc2cccc(C#N)c2)n1. The maximum atomic E-state index is 11.5. The van der Waals surface area contributed by atoms with Gasteiger partial charge in [-0.15, -0.1) is 11.3 Å². The van der Waals surface area contributed by atoms with Gasteiger partial charge in [0.25, 0.3) is 0 Å². The molecule has 0 radical (unpaired) electrons. The largest absolute Gasteiger partial charge is 0.461 e. The second-order valence-electron chi connectivity index (χ2n) is 5.22. The fourth-order valence-electron chi connectivity index (χ4n) is 2.30. The van der Waals surface area contributed by atoms with Crippen LogP contribution in [-0.2, 0) is 17.6 Å². The summed E-state index contributed by atoms with van der Waals surface area (Å²) in [4.78, 5) is 15.9. The molecule has 23 heavy (non-hydrogen) atoms. The lowest BCUT2D eigenvalue weighted by Gasteiger charge is -2.02. The summed E-state index contributed by atoms with van der Waals surface area (Å²) in [6, 6.07) is 9.94. The molecule has 0 bridgehead atoms. The third-order valence-electron chi connectivity index (χ3n) is 3.45. The van der Waals surface area contributed by atoms with Gasteiger partial charge in [-0.05, 0) is 50.3 Å². The molecule has 0 amide bonds. The maximum Gasteiger partial charge on any atom is 0.357 e. The highest BCUT2D eigenvalue weighted by Gasteiger charge is 2.11. The Morgan fingerprint density at radius 1 is 1.30 bits per heavy atom. The Labute approximate surface area is 140 Å². The summed E-state index contributed by atoms with van der Waals surface area (Å²) >= 11 is 1.52. The first kappa shape index (κ1) is 17.2. The third-order valence-corrected chi connectivity index (χ3v) is 4.36. The standard InChI is InChI=1S/C18H20N2O2S/c1-2-22-18(21)16-13-23-17(20-16)10-5-3-4-7-14-8-6-9-15(11-14)12-19/h6,8-9,11,13H,2-5,7,10H2,1H3. The van der Waals surface area contributed by atoms with Crippen molar-refractivity contribution in [3.05, 3.63) is 51.5 Å². The van der Waals surface area contributed by atoms with Crippen LogP contribution in [0.1, 0.15) is 52.8 Å². The van der Waals surface area contributed by atoms with Crippen molar-refractivity contribution in [2.24, 2.45) is 0 Å². The monoisotopic (exact) mass is 328 g/mol. The molecular formula is C18H20N2O2S. The lowest BCUT2D eigenvalue weighted by Crippen LogP contribution is -2.05. The number of ether oxygens (including phenoxy) is 1. The maximum absolute atomic E-state index is 11.5. The predicted octanol–water partition coefficient (Wildman–Crippen LogP) is 4.15. The smallest absolute Gasteiger partial charge is 0.357 e. The van der Waals surface area contributed by atoms with Crippen molar-refractivity contribution in [3.8, 4) is 6.07 Å². The van der Waals surface area contributed by atoms with Gasteiger partial charge >= 0.3 is 5.97 Å². The summed E-state index contributed by atoms with van der Waals surface area (Å²) < 4.78 is 4.93. The zero-order valence-electron chi connectivity index (χ0n) is 13.2. The van der Waals surface area contributed by atoms with Gasteiger partial charge in [0, 0.05) is 5.38 Å². The Morgan fingerprint density at radius 2 is 2.13 bits per heavy atom. The van der Waals surface area contributed by atoms with Gasteiger partial charge in [0.1, 0.15) is 0 Å². The first-order valence-electron chi connectivity index (χ1n) is 7.83. The molecule has 0 atom stereocenters. The number of thiazole rings is 1. The molecule has 5 heteroatoms. The Kier molecular flexibility index (Phi) is 6.76. The molecule has 1 heterocycles. The van der Waals surface area contributed by atoms with Crippen molar-refractivity contribution in [1.29, 1.82) is 5.26 Å². The number of carbonyl (C=O) groups excluding carboxylic acids is 1. The van der Waals surface area contributed by atoms with E-state index in [4.69, 9.17) is 10.00 Å². The molecule has 2 aromatic rings. The summed E-state index contributed by atoms with van der Waals surface area (Å²) in [6.07, 6.45) is 5.12. The molecule has 0 unspecified atom stereocenters. The normalized spacial score (nSPS) is 10.3. The number of nitrogens with zero attached hydrogens (tertiary/aromatic N) is 2. The Balaban J connectivity index is 1.69. The van der Waals surface area contributed by atoms with E-state index in [9.17, 15) is 4.79 Å².